The fourth-order valence-corrected chi connectivity index (χ4v) is 7.21. The predicted octanol–water partition coefficient (Wildman–Crippen LogP) is 8.44. The number of para-hydroxylation sites is 1. The topological polar surface area (TPSA) is 13.1 Å². The molecule has 0 amide bonds. The van der Waals surface area contributed by atoms with Crippen LogP contribution in [0.4, 0.5) is 0 Å². The minimum absolute atomic E-state index is 0.272. The highest BCUT2D eigenvalue weighted by Gasteiger charge is 2.56. The second-order valence-electron chi connectivity index (χ2n) is 10.2. The van der Waals surface area contributed by atoms with Crippen LogP contribution >= 0.6 is 0 Å². The molecule has 1 heterocycles. The molecule has 0 fully saturated rings. The summed E-state index contributed by atoms with van der Waals surface area (Å²) in [6.07, 6.45) is 7.02. The SMILES string of the molecule is Cc1ccc2c(c1)-c1ccccc1C21C2=CC=CC(C)C2c2c1ccc1c2oc2ccccc21. The Morgan fingerprint density at radius 2 is 1.56 bits per heavy atom. The Labute approximate surface area is 199 Å². The third-order valence-corrected chi connectivity index (χ3v) is 8.48. The van der Waals surface area contributed by atoms with E-state index < -0.39 is 0 Å². The molecular formula is C33H24O. The van der Waals surface area contributed by atoms with Crippen molar-refractivity contribution in [1.82, 2.24) is 0 Å². The van der Waals surface area contributed by atoms with Gasteiger partial charge in [-0.15, -0.1) is 0 Å². The van der Waals surface area contributed by atoms with Crippen LogP contribution in [0.25, 0.3) is 33.1 Å². The first-order valence-electron chi connectivity index (χ1n) is 12.2. The quantitative estimate of drug-likeness (QED) is 0.237. The van der Waals surface area contributed by atoms with Gasteiger partial charge in [0.1, 0.15) is 11.2 Å². The standard InChI is InChI=1S/C33H24O/c1-19-14-16-26-24(18-19)21-9-3-5-11-25(21)33(26)27-12-7-8-20(2)30(27)31-28(33)17-15-23-22-10-4-6-13-29(22)34-32(23)31/h3-18,20,30H,1-2H3. The second kappa shape index (κ2) is 6.18. The molecular weight excluding hydrogens is 412 g/mol. The maximum absolute atomic E-state index is 6.64. The minimum Gasteiger partial charge on any atom is -0.456 e. The van der Waals surface area contributed by atoms with Gasteiger partial charge in [0.05, 0.1) is 5.41 Å². The molecule has 5 aromatic rings. The highest BCUT2D eigenvalue weighted by Crippen LogP contribution is 2.66. The number of rotatable bonds is 0. The Bertz CT molecular complexity index is 1740. The molecule has 1 heteroatoms. The summed E-state index contributed by atoms with van der Waals surface area (Å²) in [6.45, 7) is 4.55. The van der Waals surface area contributed by atoms with E-state index in [4.69, 9.17) is 4.42 Å². The molecule has 162 valence electrons. The lowest BCUT2D eigenvalue weighted by Crippen LogP contribution is -2.28. The molecule has 1 aromatic heterocycles. The molecule has 3 atom stereocenters. The van der Waals surface area contributed by atoms with Gasteiger partial charge in [0.15, 0.2) is 0 Å². The zero-order valence-corrected chi connectivity index (χ0v) is 19.3. The summed E-state index contributed by atoms with van der Waals surface area (Å²) in [5, 5.41) is 2.43. The summed E-state index contributed by atoms with van der Waals surface area (Å²) in [7, 11) is 0. The number of fused-ring (bicyclic) bond motifs is 14. The number of hydrogen-bond acceptors (Lipinski definition) is 1. The van der Waals surface area contributed by atoms with Gasteiger partial charge in [-0.05, 0) is 52.3 Å². The van der Waals surface area contributed by atoms with Crippen molar-refractivity contribution in [3.8, 4) is 11.1 Å². The third-order valence-electron chi connectivity index (χ3n) is 8.48. The molecule has 0 saturated carbocycles. The fourth-order valence-electron chi connectivity index (χ4n) is 7.21. The monoisotopic (exact) mass is 436 g/mol. The van der Waals surface area contributed by atoms with E-state index in [9.17, 15) is 0 Å². The van der Waals surface area contributed by atoms with Crippen LogP contribution in [-0.2, 0) is 5.41 Å². The van der Waals surface area contributed by atoms with E-state index in [1.165, 1.54) is 55.3 Å². The molecule has 1 spiro atoms. The Balaban J connectivity index is 1.59. The second-order valence-corrected chi connectivity index (χ2v) is 10.2. The van der Waals surface area contributed by atoms with Crippen LogP contribution in [0.5, 0.6) is 0 Å². The summed E-state index contributed by atoms with van der Waals surface area (Å²) in [4.78, 5) is 0. The van der Waals surface area contributed by atoms with Crippen LogP contribution in [0.15, 0.2) is 107 Å². The molecule has 3 aliphatic carbocycles. The Kier molecular flexibility index (Phi) is 3.38. The van der Waals surface area contributed by atoms with E-state index in [-0.39, 0.29) is 5.41 Å². The lowest BCUT2D eigenvalue weighted by atomic mass is 9.67. The van der Waals surface area contributed by atoms with Crippen molar-refractivity contribution in [3.63, 3.8) is 0 Å². The van der Waals surface area contributed by atoms with Gasteiger partial charge in [0.2, 0.25) is 0 Å². The molecule has 0 bridgehead atoms. The summed E-state index contributed by atoms with van der Waals surface area (Å²) in [5.74, 6) is 0.697. The van der Waals surface area contributed by atoms with Gasteiger partial charge in [-0.3, -0.25) is 0 Å². The molecule has 0 aliphatic heterocycles. The number of allylic oxidation sites excluding steroid dienone is 4. The van der Waals surface area contributed by atoms with Crippen LogP contribution in [0, 0.1) is 12.8 Å². The van der Waals surface area contributed by atoms with Gasteiger partial charge in [0, 0.05) is 22.3 Å². The average molecular weight is 437 g/mol. The molecule has 0 radical (unpaired) electrons. The van der Waals surface area contributed by atoms with Crippen LogP contribution in [0.2, 0.25) is 0 Å². The Morgan fingerprint density at radius 3 is 2.50 bits per heavy atom. The lowest BCUT2D eigenvalue weighted by molar-refractivity contribution is 0.580. The third kappa shape index (κ3) is 1.99. The van der Waals surface area contributed by atoms with Gasteiger partial charge in [-0.2, -0.15) is 0 Å². The van der Waals surface area contributed by atoms with Gasteiger partial charge in [-0.1, -0.05) is 104 Å². The van der Waals surface area contributed by atoms with E-state index in [0.717, 1.165) is 11.2 Å². The minimum atomic E-state index is -0.272. The molecule has 1 nitrogen and oxygen atoms in total. The van der Waals surface area contributed by atoms with Crippen molar-refractivity contribution in [2.24, 2.45) is 5.92 Å². The maximum atomic E-state index is 6.64. The van der Waals surface area contributed by atoms with Crippen molar-refractivity contribution in [3.05, 3.63) is 130 Å². The van der Waals surface area contributed by atoms with Crippen molar-refractivity contribution in [2.75, 3.05) is 0 Å². The molecule has 0 N–H and O–H groups in total. The zero-order chi connectivity index (χ0) is 22.6. The van der Waals surface area contributed by atoms with Crippen LogP contribution in [0.1, 0.15) is 40.7 Å². The van der Waals surface area contributed by atoms with Crippen LogP contribution in [0.3, 0.4) is 0 Å². The van der Waals surface area contributed by atoms with E-state index in [2.05, 4.69) is 111 Å². The highest BCUT2D eigenvalue weighted by molar-refractivity contribution is 6.07. The zero-order valence-electron chi connectivity index (χ0n) is 19.3. The van der Waals surface area contributed by atoms with Gasteiger partial charge in [-0.25, -0.2) is 0 Å². The maximum Gasteiger partial charge on any atom is 0.139 e. The molecule has 3 aliphatic rings. The largest absolute Gasteiger partial charge is 0.456 e. The van der Waals surface area contributed by atoms with Gasteiger partial charge in [0.25, 0.3) is 0 Å². The fraction of sp³-hybridized carbons (Fsp3) is 0.152. The van der Waals surface area contributed by atoms with Crippen molar-refractivity contribution >= 4 is 21.9 Å². The van der Waals surface area contributed by atoms with E-state index in [0.29, 0.717) is 11.8 Å². The molecule has 34 heavy (non-hydrogen) atoms. The first-order valence-corrected chi connectivity index (χ1v) is 12.2. The van der Waals surface area contributed by atoms with E-state index in [1.54, 1.807) is 0 Å². The lowest BCUT2D eigenvalue weighted by Gasteiger charge is -2.34. The number of furan rings is 1. The van der Waals surface area contributed by atoms with E-state index in [1.807, 2.05) is 0 Å². The van der Waals surface area contributed by atoms with Gasteiger partial charge < -0.3 is 4.42 Å². The molecule has 4 aromatic carbocycles. The molecule has 0 saturated heterocycles. The van der Waals surface area contributed by atoms with E-state index >= 15 is 0 Å². The van der Waals surface area contributed by atoms with Crippen molar-refractivity contribution < 1.29 is 4.42 Å². The Hall–Kier alpha value is -3.84. The van der Waals surface area contributed by atoms with Crippen molar-refractivity contribution in [2.45, 2.75) is 25.2 Å². The average Bonchev–Trinajstić information content (AvgIpc) is 3.48. The summed E-state index contributed by atoms with van der Waals surface area (Å²) >= 11 is 0. The van der Waals surface area contributed by atoms with Crippen LogP contribution < -0.4 is 0 Å². The van der Waals surface area contributed by atoms with Crippen LogP contribution in [-0.4, -0.2) is 0 Å². The number of hydrogen-bond donors (Lipinski definition) is 0. The van der Waals surface area contributed by atoms with Crippen molar-refractivity contribution in [1.29, 1.82) is 0 Å². The molecule has 3 unspecified atom stereocenters. The first-order chi connectivity index (χ1) is 16.7. The smallest absolute Gasteiger partial charge is 0.139 e. The Morgan fingerprint density at radius 1 is 0.765 bits per heavy atom. The van der Waals surface area contributed by atoms with Gasteiger partial charge >= 0.3 is 0 Å². The summed E-state index contributed by atoms with van der Waals surface area (Å²) < 4.78 is 6.64. The summed E-state index contributed by atoms with van der Waals surface area (Å²) in [6, 6.07) is 29.2. The number of benzene rings is 4. The first kappa shape index (κ1) is 18.6. The summed E-state index contributed by atoms with van der Waals surface area (Å²) in [5.41, 5.74) is 12.9. The normalized spacial score (nSPS) is 23.8. The predicted molar refractivity (Wildman–Crippen MR) is 139 cm³/mol. The molecule has 8 rings (SSSR count). The number of aryl methyl sites for hydroxylation is 1. The highest BCUT2D eigenvalue weighted by atomic mass is 16.3.